The molecule has 0 aliphatic heterocycles. The van der Waals surface area contributed by atoms with Crippen molar-refractivity contribution in [3.63, 3.8) is 0 Å². The first-order valence-electron chi connectivity index (χ1n) is 6.16. The number of aromatic nitrogens is 2. The summed E-state index contributed by atoms with van der Waals surface area (Å²) in [6, 6.07) is 13.6. The Labute approximate surface area is 133 Å². The fraction of sp³-hybridized carbons (Fsp3) is 0. The molecule has 0 aliphatic carbocycles. The van der Waals surface area contributed by atoms with Gasteiger partial charge in [0.25, 0.3) is 0 Å². The van der Waals surface area contributed by atoms with E-state index in [9.17, 15) is 8.42 Å². The van der Waals surface area contributed by atoms with E-state index in [0.29, 0.717) is 5.69 Å². The number of nitrogens with zero attached hydrogens (tertiary/aromatic N) is 2. The maximum absolute atomic E-state index is 10.8. The molecule has 0 radical (unpaired) electrons. The van der Waals surface area contributed by atoms with Gasteiger partial charge in [0.05, 0.1) is 15.9 Å². The summed E-state index contributed by atoms with van der Waals surface area (Å²) in [7, 11) is -3.60. The standard InChI is InChI=1S/C8H6N2.C6H7ClN2O2S/c1-2-4-8-7(3-1)9-5-6-10-8;7-9-5-1-3-6(4-2-5)12(8,10)11/h1-6H;1-4,9H,(H2,8,10,11). The smallest absolute Gasteiger partial charge is 0.238 e. The highest BCUT2D eigenvalue weighted by Gasteiger charge is 2.05. The van der Waals surface area contributed by atoms with Crippen LogP contribution in [0.2, 0.25) is 0 Å². The summed E-state index contributed by atoms with van der Waals surface area (Å²) < 4.78 is 21.5. The lowest BCUT2D eigenvalue weighted by Gasteiger charge is -1.99. The summed E-state index contributed by atoms with van der Waals surface area (Å²) in [5.41, 5.74) is 2.51. The number of hydrogen-bond acceptors (Lipinski definition) is 5. The van der Waals surface area contributed by atoms with Crippen molar-refractivity contribution in [2.24, 2.45) is 5.14 Å². The minimum Gasteiger partial charge on any atom is -0.299 e. The van der Waals surface area contributed by atoms with Crippen LogP contribution in [0.25, 0.3) is 11.0 Å². The van der Waals surface area contributed by atoms with Gasteiger partial charge in [0, 0.05) is 29.9 Å². The number of anilines is 1. The van der Waals surface area contributed by atoms with Crippen LogP contribution in [0.1, 0.15) is 0 Å². The quantitative estimate of drug-likeness (QED) is 0.701. The molecule has 1 heterocycles. The lowest BCUT2D eigenvalue weighted by atomic mass is 10.3. The Morgan fingerprint density at radius 3 is 1.82 bits per heavy atom. The van der Waals surface area contributed by atoms with E-state index in [0.717, 1.165) is 11.0 Å². The molecule has 0 spiro atoms. The second kappa shape index (κ2) is 7.17. The summed E-state index contributed by atoms with van der Waals surface area (Å²) in [5.74, 6) is 0. The summed E-state index contributed by atoms with van der Waals surface area (Å²) in [6.07, 6.45) is 3.39. The number of hydrogen-bond donors (Lipinski definition) is 2. The lowest BCUT2D eigenvalue weighted by molar-refractivity contribution is 0.598. The highest BCUT2D eigenvalue weighted by atomic mass is 35.5. The van der Waals surface area contributed by atoms with Crippen molar-refractivity contribution < 1.29 is 8.42 Å². The van der Waals surface area contributed by atoms with Crippen molar-refractivity contribution in [3.05, 3.63) is 60.9 Å². The Kier molecular flexibility index (Phi) is 5.26. The molecule has 22 heavy (non-hydrogen) atoms. The maximum atomic E-state index is 10.8. The number of sulfonamides is 1. The van der Waals surface area contributed by atoms with Crippen LogP contribution < -0.4 is 9.97 Å². The lowest BCUT2D eigenvalue weighted by Crippen LogP contribution is -2.11. The molecule has 0 fully saturated rings. The molecule has 3 aromatic rings. The van der Waals surface area contributed by atoms with Crippen molar-refractivity contribution in [1.82, 2.24) is 9.97 Å². The monoisotopic (exact) mass is 336 g/mol. The zero-order valence-corrected chi connectivity index (χ0v) is 12.9. The van der Waals surface area contributed by atoms with E-state index in [2.05, 4.69) is 14.8 Å². The van der Waals surface area contributed by atoms with Crippen LogP contribution >= 0.6 is 11.8 Å². The van der Waals surface area contributed by atoms with Gasteiger partial charge >= 0.3 is 0 Å². The Morgan fingerprint density at radius 2 is 1.41 bits per heavy atom. The van der Waals surface area contributed by atoms with Gasteiger partial charge in [-0.05, 0) is 36.4 Å². The SMILES string of the molecule is NS(=O)(=O)c1ccc(NCl)cc1.c1ccc2nccnc2c1. The second-order valence-electron chi connectivity index (χ2n) is 4.21. The van der Waals surface area contributed by atoms with Gasteiger partial charge in [0.1, 0.15) is 0 Å². The molecule has 8 heteroatoms. The largest absolute Gasteiger partial charge is 0.299 e. The average Bonchev–Trinajstić information content (AvgIpc) is 2.55. The highest BCUT2D eigenvalue weighted by Crippen LogP contribution is 2.12. The van der Waals surface area contributed by atoms with Gasteiger partial charge in [0.2, 0.25) is 10.0 Å². The van der Waals surface area contributed by atoms with E-state index in [1.165, 1.54) is 24.3 Å². The topological polar surface area (TPSA) is 98.0 Å². The van der Waals surface area contributed by atoms with Crippen LogP contribution in [-0.4, -0.2) is 18.4 Å². The predicted octanol–water partition coefficient (Wildman–Crippen LogP) is 2.53. The zero-order chi connectivity index (χ0) is 16.0. The van der Waals surface area contributed by atoms with Crippen LogP contribution in [0.5, 0.6) is 0 Å². The van der Waals surface area contributed by atoms with E-state index in [4.69, 9.17) is 16.9 Å². The van der Waals surface area contributed by atoms with Gasteiger partial charge in [-0.1, -0.05) is 12.1 Å². The fourth-order valence-corrected chi connectivity index (χ4v) is 2.26. The minimum absolute atomic E-state index is 0.0677. The molecule has 0 saturated carbocycles. The van der Waals surface area contributed by atoms with Crippen LogP contribution in [0.15, 0.2) is 65.8 Å². The number of fused-ring (bicyclic) bond motifs is 1. The van der Waals surface area contributed by atoms with Crippen LogP contribution in [0, 0.1) is 0 Å². The summed E-state index contributed by atoms with van der Waals surface area (Å²) in [6.45, 7) is 0. The number of para-hydroxylation sites is 2. The van der Waals surface area contributed by atoms with Gasteiger partial charge in [-0.15, -0.1) is 0 Å². The van der Waals surface area contributed by atoms with Gasteiger partial charge in [-0.25, -0.2) is 13.6 Å². The maximum Gasteiger partial charge on any atom is 0.238 e. The Morgan fingerprint density at radius 1 is 0.909 bits per heavy atom. The average molecular weight is 337 g/mol. The second-order valence-corrected chi connectivity index (χ2v) is 5.96. The van der Waals surface area contributed by atoms with Crippen molar-refractivity contribution in [2.45, 2.75) is 4.90 Å². The normalized spacial score (nSPS) is 10.6. The summed E-state index contributed by atoms with van der Waals surface area (Å²) in [4.78, 5) is 10.6. The van der Waals surface area contributed by atoms with E-state index < -0.39 is 10.0 Å². The molecule has 0 saturated heterocycles. The van der Waals surface area contributed by atoms with Gasteiger partial charge in [-0.2, -0.15) is 0 Å². The first kappa shape index (κ1) is 16.2. The van der Waals surface area contributed by atoms with Crippen LogP contribution in [-0.2, 0) is 10.0 Å². The number of primary sulfonamides is 1. The van der Waals surface area contributed by atoms with Gasteiger partial charge < -0.3 is 0 Å². The van der Waals surface area contributed by atoms with Crippen molar-refractivity contribution in [2.75, 3.05) is 4.84 Å². The van der Waals surface area contributed by atoms with Crippen LogP contribution in [0.3, 0.4) is 0 Å². The van der Waals surface area contributed by atoms with Gasteiger partial charge in [-0.3, -0.25) is 14.8 Å². The van der Waals surface area contributed by atoms with E-state index in [1.807, 2.05) is 24.3 Å². The molecule has 0 unspecified atom stereocenters. The molecule has 114 valence electrons. The molecule has 6 nitrogen and oxygen atoms in total. The zero-order valence-electron chi connectivity index (χ0n) is 11.3. The minimum atomic E-state index is -3.60. The fourth-order valence-electron chi connectivity index (χ4n) is 1.62. The third-order valence-electron chi connectivity index (χ3n) is 2.67. The Bertz CT molecular complexity index is 789. The van der Waals surface area contributed by atoms with Gasteiger partial charge in [0.15, 0.2) is 0 Å². The van der Waals surface area contributed by atoms with Crippen LogP contribution in [0.4, 0.5) is 5.69 Å². The van der Waals surface area contributed by atoms with Crippen molar-refractivity contribution in [3.8, 4) is 0 Å². The summed E-state index contributed by atoms with van der Waals surface area (Å²) >= 11 is 5.26. The van der Waals surface area contributed by atoms with E-state index in [1.54, 1.807) is 12.4 Å². The molecule has 0 atom stereocenters. The molecular formula is C14H13ClN4O2S. The first-order chi connectivity index (χ1) is 10.5. The third kappa shape index (κ3) is 4.39. The molecule has 2 aromatic carbocycles. The first-order valence-corrected chi connectivity index (χ1v) is 8.08. The summed E-state index contributed by atoms with van der Waals surface area (Å²) in [5, 5.41) is 4.87. The third-order valence-corrected chi connectivity index (χ3v) is 3.82. The molecule has 3 N–H and O–H groups in total. The molecule has 0 amide bonds. The Hall–Kier alpha value is -2.22. The highest BCUT2D eigenvalue weighted by molar-refractivity contribution is 7.89. The number of nitrogens with two attached hydrogens (primary N) is 1. The predicted molar refractivity (Wildman–Crippen MR) is 86.8 cm³/mol. The molecule has 0 bridgehead atoms. The van der Waals surface area contributed by atoms with E-state index in [-0.39, 0.29) is 4.90 Å². The number of benzene rings is 2. The number of nitrogens with one attached hydrogen (secondary N) is 1. The molecular weight excluding hydrogens is 324 g/mol. The number of halogens is 1. The Balaban J connectivity index is 0.000000162. The molecule has 0 aliphatic rings. The molecule has 3 rings (SSSR count). The van der Waals surface area contributed by atoms with E-state index >= 15 is 0 Å². The van der Waals surface area contributed by atoms with Crippen molar-refractivity contribution >= 4 is 38.5 Å². The molecule has 1 aromatic heterocycles. The number of rotatable bonds is 2. The van der Waals surface area contributed by atoms with Crippen molar-refractivity contribution in [1.29, 1.82) is 0 Å².